The number of likely N-dealkylation sites (tertiary alicyclic amines) is 2. The monoisotopic (exact) mass is 274 g/mol. The van der Waals surface area contributed by atoms with Crippen molar-refractivity contribution in [3.8, 4) is 0 Å². The molecule has 2 aliphatic heterocycles. The molecule has 0 saturated carbocycles. The van der Waals surface area contributed by atoms with Crippen molar-refractivity contribution in [2.45, 2.75) is 30.5 Å². The molecule has 3 heteroatoms. The van der Waals surface area contributed by atoms with Crippen LogP contribution < -0.4 is 0 Å². The van der Waals surface area contributed by atoms with Crippen LogP contribution in [-0.4, -0.2) is 54.4 Å². The van der Waals surface area contributed by atoms with Crippen LogP contribution in [0.2, 0.25) is 0 Å². The number of hydrogen-bond acceptors (Lipinski definition) is 2. The van der Waals surface area contributed by atoms with Crippen molar-refractivity contribution >= 4 is 15.9 Å². The first-order valence-electron chi connectivity index (χ1n) is 6.29. The van der Waals surface area contributed by atoms with E-state index in [1.807, 2.05) is 0 Å². The van der Waals surface area contributed by atoms with E-state index in [9.17, 15) is 0 Å². The second-order valence-corrected chi connectivity index (χ2v) is 6.54. The first-order valence-corrected chi connectivity index (χ1v) is 7.20. The summed E-state index contributed by atoms with van der Waals surface area (Å²) in [7, 11) is 2.25. The molecule has 0 aromatic carbocycles. The molecule has 0 N–H and O–H groups in total. The zero-order chi connectivity index (χ0) is 10.7. The van der Waals surface area contributed by atoms with Crippen LogP contribution in [0.15, 0.2) is 0 Å². The zero-order valence-corrected chi connectivity index (χ0v) is 11.4. The molecule has 2 unspecified atom stereocenters. The molecule has 2 heterocycles. The summed E-state index contributed by atoms with van der Waals surface area (Å²) in [5.41, 5.74) is 0. The van der Waals surface area contributed by atoms with Gasteiger partial charge < -0.3 is 9.80 Å². The van der Waals surface area contributed by atoms with Gasteiger partial charge in [0.1, 0.15) is 0 Å². The van der Waals surface area contributed by atoms with Crippen LogP contribution in [-0.2, 0) is 0 Å². The van der Waals surface area contributed by atoms with Crippen LogP contribution in [0.25, 0.3) is 0 Å². The Hall–Kier alpha value is 0.400. The molecular weight excluding hydrogens is 252 g/mol. The molecular formula is C12H23BrN2. The molecule has 2 fully saturated rings. The van der Waals surface area contributed by atoms with Crippen LogP contribution >= 0.6 is 15.9 Å². The molecule has 0 bridgehead atoms. The van der Waals surface area contributed by atoms with Crippen molar-refractivity contribution in [1.29, 1.82) is 0 Å². The molecule has 15 heavy (non-hydrogen) atoms. The van der Waals surface area contributed by atoms with Gasteiger partial charge >= 0.3 is 0 Å². The number of rotatable bonds is 2. The Bertz CT molecular complexity index is 198. The highest BCUT2D eigenvalue weighted by molar-refractivity contribution is 9.09. The topological polar surface area (TPSA) is 6.48 Å². The third kappa shape index (κ3) is 3.72. The molecule has 0 aliphatic carbocycles. The fourth-order valence-electron chi connectivity index (χ4n) is 2.84. The summed E-state index contributed by atoms with van der Waals surface area (Å²) in [4.78, 5) is 5.93. The van der Waals surface area contributed by atoms with Crippen molar-refractivity contribution in [3.63, 3.8) is 0 Å². The summed E-state index contributed by atoms with van der Waals surface area (Å²) in [5, 5.41) is 0. The molecule has 2 saturated heterocycles. The van der Waals surface area contributed by atoms with Crippen LogP contribution in [0, 0.1) is 5.92 Å². The molecule has 2 atom stereocenters. The summed E-state index contributed by atoms with van der Waals surface area (Å²) in [6.07, 6.45) is 5.48. The molecule has 88 valence electrons. The fraction of sp³-hybridized carbons (Fsp3) is 1.00. The standard InChI is InChI=1S/C12H23BrN2/c1-14-7-4-11(9-14)10-15-6-2-3-12(13)5-8-15/h11-12H,2-10H2,1H3. The molecule has 2 aliphatic rings. The third-order valence-electron chi connectivity index (χ3n) is 3.76. The van der Waals surface area contributed by atoms with Crippen LogP contribution in [0.4, 0.5) is 0 Å². The smallest absolute Gasteiger partial charge is 0.0158 e. The summed E-state index contributed by atoms with van der Waals surface area (Å²) >= 11 is 3.75. The lowest BCUT2D eigenvalue weighted by Gasteiger charge is -2.23. The molecule has 0 amide bonds. The van der Waals surface area contributed by atoms with E-state index >= 15 is 0 Å². The number of hydrogen-bond donors (Lipinski definition) is 0. The van der Waals surface area contributed by atoms with Gasteiger partial charge in [-0.2, -0.15) is 0 Å². The van der Waals surface area contributed by atoms with Crippen LogP contribution in [0.3, 0.4) is 0 Å². The number of alkyl halides is 1. The predicted molar refractivity (Wildman–Crippen MR) is 68.6 cm³/mol. The van der Waals surface area contributed by atoms with E-state index in [1.54, 1.807) is 0 Å². The van der Waals surface area contributed by atoms with E-state index < -0.39 is 0 Å². The van der Waals surface area contributed by atoms with Gasteiger partial charge in [0.2, 0.25) is 0 Å². The number of halogens is 1. The first-order chi connectivity index (χ1) is 7.24. The zero-order valence-electron chi connectivity index (χ0n) is 9.79. The van der Waals surface area contributed by atoms with Gasteiger partial charge in [-0.25, -0.2) is 0 Å². The lowest BCUT2D eigenvalue weighted by atomic mass is 10.1. The number of nitrogens with zero attached hydrogens (tertiary/aromatic N) is 2. The van der Waals surface area contributed by atoms with E-state index in [-0.39, 0.29) is 0 Å². The van der Waals surface area contributed by atoms with Crippen molar-refractivity contribution in [3.05, 3.63) is 0 Å². The summed E-state index contributed by atoms with van der Waals surface area (Å²) in [6.45, 7) is 6.58. The molecule has 0 spiro atoms. The lowest BCUT2D eigenvalue weighted by molar-refractivity contribution is 0.238. The second-order valence-electron chi connectivity index (χ2n) is 5.25. The van der Waals surface area contributed by atoms with Gasteiger partial charge in [0.15, 0.2) is 0 Å². The van der Waals surface area contributed by atoms with E-state index in [0.717, 1.165) is 10.7 Å². The van der Waals surface area contributed by atoms with Crippen molar-refractivity contribution in [2.24, 2.45) is 5.92 Å². The van der Waals surface area contributed by atoms with Gasteiger partial charge in [-0.1, -0.05) is 15.9 Å². The SMILES string of the molecule is CN1CCC(CN2CCCC(Br)CC2)C1. The summed E-state index contributed by atoms with van der Waals surface area (Å²) in [6, 6.07) is 0. The normalized spacial score (nSPS) is 35.6. The Balaban J connectivity index is 1.74. The minimum atomic E-state index is 0.772. The van der Waals surface area contributed by atoms with Crippen molar-refractivity contribution < 1.29 is 0 Å². The highest BCUT2D eigenvalue weighted by atomic mass is 79.9. The molecule has 0 radical (unpaired) electrons. The minimum Gasteiger partial charge on any atom is -0.306 e. The molecule has 2 rings (SSSR count). The Kier molecular flexibility index (Phi) is 4.47. The van der Waals surface area contributed by atoms with Crippen LogP contribution in [0.5, 0.6) is 0 Å². The molecule has 2 nitrogen and oxygen atoms in total. The maximum atomic E-state index is 3.75. The Morgan fingerprint density at radius 3 is 2.73 bits per heavy atom. The van der Waals surface area contributed by atoms with Gasteiger partial charge in [-0.15, -0.1) is 0 Å². The highest BCUT2D eigenvalue weighted by Crippen LogP contribution is 2.21. The molecule has 0 aromatic heterocycles. The van der Waals surface area contributed by atoms with Gasteiger partial charge in [-0.3, -0.25) is 0 Å². The third-order valence-corrected chi connectivity index (χ3v) is 4.67. The van der Waals surface area contributed by atoms with Gasteiger partial charge in [0.25, 0.3) is 0 Å². The van der Waals surface area contributed by atoms with Crippen molar-refractivity contribution in [1.82, 2.24) is 9.80 Å². The maximum Gasteiger partial charge on any atom is 0.0158 e. The minimum absolute atomic E-state index is 0.772. The van der Waals surface area contributed by atoms with E-state index in [2.05, 4.69) is 32.8 Å². The Morgan fingerprint density at radius 2 is 2.00 bits per heavy atom. The van der Waals surface area contributed by atoms with Gasteiger partial charge in [0, 0.05) is 17.9 Å². The Labute approximate surface area is 102 Å². The lowest BCUT2D eigenvalue weighted by Crippen LogP contribution is -2.31. The second kappa shape index (κ2) is 5.65. The summed E-state index contributed by atoms with van der Waals surface area (Å²) < 4.78 is 0. The van der Waals surface area contributed by atoms with Crippen molar-refractivity contribution in [2.75, 3.05) is 39.8 Å². The van der Waals surface area contributed by atoms with E-state index in [4.69, 9.17) is 0 Å². The first kappa shape index (κ1) is 11.9. The highest BCUT2D eigenvalue weighted by Gasteiger charge is 2.23. The average molecular weight is 275 g/mol. The van der Waals surface area contributed by atoms with Crippen LogP contribution in [0.1, 0.15) is 25.7 Å². The van der Waals surface area contributed by atoms with E-state index in [1.165, 1.54) is 58.4 Å². The summed E-state index contributed by atoms with van der Waals surface area (Å²) in [5.74, 6) is 0.932. The fourth-order valence-corrected chi connectivity index (χ4v) is 3.37. The average Bonchev–Trinajstić information content (AvgIpc) is 2.48. The molecule has 0 aromatic rings. The maximum absolute atomic E-state index is 3.75. The van der Waals surface area contributed by atoms with Gasteiger partial charge in [-0.05, 0) is 58.3 Å². The van der Waals surface area contributed by atoms with Gasteiger partial charge in [0.05, 0.1) is 0 Å². The predicted octanol–water partition coefficient (Wildman–Crippen LogP) is 2.19. The Morgan fingerprint density at radius 1 is 1.13 bits per heavy atom. The largest absolute Gasteiger partial charge is 0.306 e. The van der Waals surface area contributed by atoms with E-state index in [0.29, 0.717) is 0 Å². The quantitative estimate of drug-likeness (QED) is 0.713.